The lowest BCUT2D eigenvalue weighted by Gasteiger charge is -2.41. The van der Waals surface area contributed by atoms with Crippen LogP contribution in [0.3, 0.4) is 0 Å². The molecule has 3 amide bonds. The van der Waals surface area contributed by atoms with Gasteiger partial charge in [0.2, 0.25) is 17.7 Å². The first kappa shape index (κ1) is 29.1. The highest BCUT2D eigenvalue weighted by atomic mass is 32.2. The van der Waals surface area contributed by atoms with Crippen LogP contribution in [-0.2, 0) is 19.1 Å². The third-order valence-electron chi connectivity index (χ3n) is 8.80. The Morgan fingerprint density at radius 3 is 2.53 bits per heavy atom. The monoisotopic (exact) mass is 548 g/mol. The molecule has 0 aromatic rings. The Kier molecular flexibility index (Phi) is 9.60. The number of carbonyl (C=O) groups excluding carboxylic acids is 3. The molecule has 0 aromatic heterocycles. The van der Waals surface area contributed by atoms with Gasteiger partial charge < -0.3 is 24.5 Å². The molecule has 1 N–H and O–H groups in total. The van der Waals surface area contributed by atoms with Crippen molar-refractivity contribution in [3.8, 4) is 0 Å². The van der Waals surface area contributed by atoms with Gasteiger partial charge in [0.1, 0.15) is 6.04 Å². The number of aliphatic hydroxyl groups is 1. The zero-order valence-electron chi connectivity index (χ0n) is 22.9. The highest BCUT2D eigenvalue weighted by Gasteiger charge is 2.76. The smallest absolute Gasteiger partial charge is 0.247 e. The molecule has 4 aliphatic rings. The Labute approximate surface area is 231 Å². The van der Waals surface area contributed by atoms with E-state index in [2.05, 4.69) is 25.0 Å². The highest BCUT2D eigenvalue weighted by Crippen LogP contribution is 2.68. The van der Waals surface area contributed by atoms with Gasteiger partial charge in [-0.05, 0) is 25.2 Å². The van der Waals surface area contributed by atoms with Gasteiger partial charge in [-0.3, -0.25) is 19.3 Å². The van der Waals surface area contributed by atoms with Crippen LogP contribution in [0.5, 0.6) is 0 Å². The summed E-state index contributed by atoms with van der Waals surface area (Å²) < 4.78 is 4.84. The quantitative estimate of drug-likeness (QED) is 0.272. The Hall–Kier alpha value is -1.88. The Bertz CT molecular complexity index is 912. The third-order valence-corrected chi connectivity index (χ3v) is 10.9. The van der Waals surface area contributed by atoms with Gasteiger partial charge in [-0.2, -0.15) is 0 Å². The molecule has 4 aliphatic heterocycles. The molecule has 4 saturated heterocycles. The van der Waals surface area contributed by atoms with Crippen LogP contribution in [0.4, 0.5) is 0 Å². The summed E-state index contributed by atoms with van der Waals surface area (Å²) >= 11 is 1.71. The fourth-order valence-electron chi connectivity index (χ4n) is 6.96. The van der Waals surface area contributed by atoms with E-state index >= 15 is 0 Å². The molecule has 6 atom stereocenters. The van der Waals surface area contributed by atoms with Crippen LogP contribution in [0, 0.1) is 17.8 Å². The number of likely N-dealkylation sites (tertiary alicyclic amines) is 1. The van der Waals surface area contributed by atoms with Crippen molar-refractivity contribution < 1.29 is 24.2 Å². The predicted molar refractivity (Wildman–Crippen MR) is 149 cm³/mol. The van der Waals surface area contributed by atoms with Crippen molar-refractivity contribution >= 4 is 29.5 Å². The fraction of sp³-hybridized carbons (Fsp3) is 0.750. The van der Waals surface area contributed by atoms with E-state index in [1.165, 1.54) is 0 Å². The van der Waals surface area contributed by atoms with Gasteiger partial charge in [0, 0.05) is 64.7 Å². The van der Waals surface area contributed by atoms with Crippen LogP contribution in [0.15, 0.2) is 25.3 Å². The molecule has 2 bridgehead atoms. The predicted octanol–water partition coefficient (Wildman–Crippen LogP) is 1.09. The van der Waals surface area contributed by atoms with Crippen LogP contribution in [0.25, 0.3) is 0 Å². The molecule has 212 valence electrons. The molecular weight excluding hydrogens is 504 g/mol. The summed E-state index contributed by atoms with van der Waals surface area (Å²) in [6, 6.07) is -0.629. The summed E-state index contributed by atoms with van der Waals surface area (Å²) in [7, 11) is 1.76. The van der Waals surface area contributed by atoms with Crippen molar-refractivity contribution in [2.45, 2.75) is 42.2 Å². The highest BCUT2D eigenvalue weighted by molar-refractivity contribution is 8.02. The topological polar surface area (TPSA) is 93.6 Å². The lowest BCUT2D eigenvalue weighted by atomic mass is 9.65. The lowest BCUT2D eigenvalue weighted by molar-refractivity contribution is -0.144. The molecule has 1 spiro atoms. The minimum Gasteiger partial charge on any atom is -0.396 e. The van der Waals surface area contributed by atoms with Gasteiger partial charge in [0.05, 0.1) is 29.8 Å². The number of aliphatic hydroxyl groups excluding tert-OH is 1. The number of ether oxygens (including phenoxy) is 1. The molecular formula is C28H44N4O5S. The molecule has 4 rings (SSSR count). The van der Waals surface area contributed by atoms with Gasteiger partial charge in [-0.15, -0.1) is 24.9 Å². The second-order valence-corrected chi connectivity index (χ2v) is 12.6. The summed E-state index contributed by atoms with van der Waals surface area (Å²) in [6.07, 6.45) is 5.43. The Morgan fingerprint density at radius 2 is 1.87 bits per heavy atom. The van der Waals surface area contributed by atoms with Crippen molar-refractivity contribution in [3.05, 3.63) is 25.3 Å². The molecule has 38 heavy (non-hydrogen) atoms. The number of unbranched alkanes of at least 4 members (excludes halogenated alkanes) is 1. The first-order chi connectivity index (χ1) is 18.3. The number of likely N-dealkylation sites (N-methyl/N-ethyl adjacent to an activating group) is 1. The number of fused-ring (bicyclic) bond motifs is 1. The summed E-state index contributed by atoms with van der Waals surface area (Å²) in [5.74, 6) is -0.998. The van der Waals surface area contributed by atoms with Gasteiger partial charge in [0.25, 0.3) is 0 Å². The van der Waals surface area contributed by atoms with E-state index in [1.54, 1.807) is 40.8 Å². The number of morpholine rings is 1. The maximum Gasteiger partial charge on any atom is 0.247 e. The summed E-state index contributed by atoms with van der Waals surface area (Å²) in [4.78, 5) is 49.8. The van der Waals surface area contributed by atoms with E-state index in [9.17, 15) is 19.5 Å². The van der Waals surface area contributed by atoms with Crippen LogP contribution in [0.1, 0.15) is 26.2 Å². The summed E-state index contributed by atoms with van der Waals surface area (Å²) in [6.45, 7) is 15.4. The van der Waals surface area contributed by atoms with Gasteiger partial charge in [-0.1, -0.05) is 19.1 Å². The average molecular weight is 549 g/mol. The van der Waals surface area contributed by atoms with Crippen LogP contribution < -0.4 is 0 Å². The standard InChI is InChI=1S/C28H44N4O5S/c1-5-9-29(4)25(34)22-21-19-20(3)28(38-21)23(22)26(35)32(11-7-8-16-33)24(28)27(36)31(10-6-2)13-12-30-14-17-37-18-15-30/h5-6,20-24,33H,1-2,7-19H2,3-4H3/t20?,21-,22+,23+,24?,28?/m1/s1. The normalized spacial score (nSPS) is 32.3. The van der Waals surface area contributed by atoms with Crippen LogP contribution in [0.2, 0.25) is 0 Å². The number of amides is 3. The van der Waals surface area contributed by atoms with Crippen molar-refractivity contribution in [2.75, 3.05) is 72.7 Å². The second-order valence-electron chi connectivity index (χ2n) is 11.0. The van der Waals surface area contributed by atoms with Crippen molar-refractivity contribution in [1.82, 2.24) is 19.6 Å². The molecule has 4 heterocycles. The van der Waals surface area contributed by atoms with Gasteiger partial charge >= 0.3 is 0 Å². The third kappa shape index (κ3) is 5.17. The largest absolute Gasteiger partial charge is 0.396 e. The lowest BCUT2D eigenvalue weighted by Crippen LogP contribution is -2.58. The minimum absolute atomic E-state index is 0.0230. The van der Waals surface area contributed by atoms with E-state index < -0.39 is 22.6 Å². The van der Waals surface area contributed by atoms with Crippen molar-refractivity contribution in [3.63, 3.8) is 0 Å². The number of carbonyl (C=O) groups is 3. The first-order valence-corrected chi connectivity index (χ1v) is 14.8. The Morgan fingerprint density at radius 1 is 1.16 bits per heavy atom. The average Bonchev–Trinajstić information content (AvgIpc) is 3.50. The van der Waals surface area contributed by atoms with E-state index in [-0.39, 0.29) is 35.5 Å². The Balaban J connectivity index is 1.65. The van der Waals surface area contributed by atoms with E-state index in [1.807, 2.05) is 4.90 Å². The molecule has 0 radical (unpaired) electrons. The van der Waals surface area contributed by atoms with E-state index in [4.69, 9.17) is 4.74 Å². The summed E-state index contributed by atoms with van der Waals surface area (Å²) in [5, 5.41) is 9.42. The fourth-order valence-corrected chi connectivity index (χ4v) is 9.37. The number of nitrogens with zero attached hydrogens (tertiary/aromatic N) is 4. The number of hydrogen-bond acceptors (Lipinski definition) is 7. The van der Waals surface area contributed by atoms with Gasteiger partial charge in [-0.25, -0.2) is 0 Å². The molecule has 3 unspecified atom stereocenters. The number of thioether (sulfide) groups is 1. The van der Waals surface area contributed by atoms with Gasteiger partial charge in [0.15, 0.2) is 0 Å². The maximum absolute atomic E-state index is 14.5. The van der Waals surface area contributed by atoms with Crippen LogP contribution in [-0.4, -0.2) is 131 Å². The number of hydrogen-bond donors (Lipinski definition) is 1. The van der Waals surface area contributed by atoms with E-state index in [0.717, 1.165) is 26.1 Å². The number of rotatable bonds is 13. The zero-order valence-corrected chi connectivity index (χ0v) is 23.7. The molecule has 4 fully saturated rings. The second kappa shape index (κ2) is 12.5. The molecule has 0 saturated carbocycles. The van der Waals surface area contributed by atoms with Crippen molar-refractivity contribution in [1.29, 1.82) is 0 Å². The van der Waals surface area contributed by atoms with Crippen LogP contribution >= 0.6 is 11.8 Å². The molecule has 0 aromatic carbocycles. The maximum atomic E-state index is 14.5. The molecule has 9 nitrogen and oxygen atoms in total. The van der Waals surface area contributed by atoms with E-state index in [0.29, 0.717) is 52.2 Å². The first-order valence-electron chi connectivity index (χ1n) is 14.0. The van der Waals surface area contributed by atoms with Crippen molar-refractivity contribution in [2.24, 2.45) is 17.8 Å². The SMILES string of the molecule is C=CCN(C)C(=O)[C@@H]1[C@H]2C(=O)N(CCCCO)C(C(=O)N(CC=C)CCN3CCOCC3)C23S[C@@H]1CC3C. The zero-order chi connectivity index (χ0) is 27.4. The summed E-state index contributed by atoms with van der Waals surface area (Å²) in [5.41, 5.74) is 0. The minimum atomic E-state index is -0.633. The molecule has 10 heteroatoms. The molecule has 0 aliphatic carbocycles.